The molecule has 0 radical (unpaired) electrons. The lowest BCUT2D eigenvalue weighted by Crippen LogP contribution is -2.48. The Morgan fingerprint density at radius 3 is 1.28 bits per heavy atom. The number of hydrogen-bond acceptors (Lipinski definition) is 25. The average Bonchev–Trinajstić information content (AvgIpc) is 0.845. The van der Waals surface area contributed by atoms with E-state index in [0.29, 0.717) is 63.0 Å². The maximum absolute atomic E-state index is 14.7. The number of fused-ring (bicyclic) bond motifs is 3. The number of ether oxygens (including phenoxy) is 3. The van der Waals surface area contributed by atoms with Gasteiger partial charge in [0.1, 0.15) is 16.8 Å². The molecule has 0 bridgehead atoms. The normalized spacial score (nSPS) is 17.0. The standard InChI is InChI=1S/C22H28FN7O2.C17H20FN7.C15H22ClFN4O2.C11H22N2O2.C7H7N3.C4HCl2FN2/c1-22(2,3)32-21(31)25-12-16-6-4-5-9-30(16)19-17(23)13-24-20(28-19)27-15-8-7-14-11-26-29-18(14)10-15;18-14-10-20-17(22-12-5-4-11-9-21-24-15(11)7-12)23-16(14)25-6-2-1-3-13(25)8-19;1-15(2,3)23-14(22)19-8-10-6-4-5-7-21(10)12-11(17)9-18-13(16)20-12;1-11(2,3)15-10(14)13-8-9-6-4-5-7-12-9;8-6-2-1-5-4-9-10-7(5)3-6;5-3-2(7)1-8-4(6)9-3/h7-8,10-11,13,16H,4-6,9,12H2,1-3H3,(H,25,31)(H,26,29)(H,24,27,28);4-5,7,9-10,13H,1-3,6,8,19H2,(H,21,24)(H,20,22,23);9-10H,4-8H2,1-3H3,(H,19,22);9,12H,4-8H2,1-3H3,(H,13,14);1-4H,8H2,(H,9,10);1H. The summed E-state index contributed by atoms with van der Waals surface area (Å²) >= 11 is 16.2. The Bertz CT molecular complexity index is 4750. The zero-order valence-corrected chi connectivity index (χ0v) is 67.5. The molecule has 0 saturated carbocycles. The predicted molar refractivity (Wildman–Crippen MR) is 435 cm³/mol. The molecule has 3 aromatic carbocycles. The number of nitrogen functional groups attached to an aromatic ring is 1. The van der Waals surface area contributed by atoms with Crippen molar-refractivity contribution in [2.75, 3.05) is 83.4 Å². The number of hydrogen-bond donors (Lipinski definition) is 11. The Labute approximate surface area is 673 Å². The molecule has 38 heteroatoms. The highest BCUT2D eigenvalue weighted by Crippen LogP contribution is 2.31. The van der Waals surface area contributed by atoms with Gasteiger partial charge in [-0.05, 0) is 217 Å². The van der Waals surface area contributed by atoms with E-state index in [0.717, 1.165) is 139 Å². The Morgan fingerprint density at radius 2 is 0.860 bits per heavy atom. The molecule has 7 aromatic heterocycles. The number of nitrogens with one attached hydrogen (secondary N) is 9. The maximum Gasteiger partial charge on any atom is 0.407 e. The number of aromatic nitrogens is 14. The molecule has 4 aliphatic heterocycles. The molecule has 614 valence electrons. The minimum atomic E-state index is -0.666. The lowest BCUT2D eigenvalue weighted by molar-refractivity contribution is 0.0510. The molecular formula is C76H100Cl3F4N25O6. The number of halogens is 7. The van der Waals surface area contributed by atoms with Gasteiger partial charge in [0.25, 0.3) is 0 Å². The van der Waals surface area contributed by atoms with E-state index in [2.05, 4.69) is 102 Å². The first-order valence-electron chi connectivity index (χ1n) is 37.6. The van der Waals surface area contributed by atoms with Crippen LogP contribution in [0.25, 0.3) is 32.7 Å². The van der Waals surface area contributed by atoms with E-state index >= 15 is 0 Å². The van der Waals surface area contributed by atoms with Crippen LogP contribution in [0.3, 0.4) is 0 Å². The highest BCUT2D eigenvalue weighted by atomic mass is 35.5. The summed E-state index contributed by atoms with van der Waals surface area (Å²) in [6, 6.07) is 17.5. The van der Waals surface area contributed by atoms with Crippen LogP contribution < -0.4 is 58.1 Å². The maximum atomic E-state index is 14.7. The summed E-state index contributed by atoms with van der Waals surface area (Å²) in [5.41, 5.74) is 15.0. The molecule has 0 aliphatic carbocycles. The summed E-state index contributed by atoms with van der Waals surface area (Å²) in [5.74, 6) is -0.726. The van der Waals surface area contributed by atoms with Gasteiger partial charge in [-0.15, -0.1) is 0 Å². The lowest BCUT2D eigenvalue weighted by atomic mass is 10.0. The summed E-state index contributed by atoms with van der Waals surface area (Å²) < 4.78 is 70.9. The number of H-pyrrole nitrogens is 3. The summed E-state index contributed by atoms with van der Waals surface area (Å²) in [7, 11) is 0. The predicted octanol–water partition coefficient (Wildman–Crippen LogP) is 14.5. The molecule has 3 amide bonds. The van der Waals surface area contributed by atoms with Gasteiger partial charge in [0.15, 0.2) is 45.9 Å². The van der Waals surface area contributed by atoms with E-state index in [-0.39, 0.29) is 51.6 Å². The number of piperidine rings is 4. The summed E-state index contributed by atoms with van der Waals surface area (Å²) in [4.78, 5) is 72.2. The molecule has 10 aromatic rings. The van der Waals surface area contributed by atoms with E-state index < -0.39 is 52.3 Å². The Hall–Kier alpha value is -10.5. The van der Waals surface area contributed by atoms with Crippen molar-refractivity contribution in [1.29, 1.82) is 0 Å². The average molecular weight is 1640 g/mol. The van der Waals surface area contributed by atoms with Crippen molar-refractivity contribution < 1.29 is 46.2 Å². The molecule has 114 heavy (non-hydrogen) atoms. The summed E-state index contributed by atoms with van der Waals surface area (Å²) in [6.07, 6.45) is 20.6. The van der Waals surface area contributed by atoms with E-state index in [1.54, 1.807) is 39.4 Å². The Kier molecular flexibility index (Phi) is 31.9. The van der Waals surface area contributed by atoms with E-state index in [1.807, 2.05) is 111 Å². The second kappa shape index (κ2) is 41.5. The van der Waals surface area contributed by atoms with E-state index in [9.17, 15) is 31.9 Å². The van der Waals surface area contributed by atoms with Crippen LogP contribution in [0.5, 0.6) is 0 Å². The molecule has 4 unspecified atom stereocenters. The molecule has 4 saturated heterocycles. The molecule has 4 fully saturated rings. The van der Waals surface area contributed by atoms with Crippen molar-refractivity contribution >= 4 is 132 Å². The Morgan fingerprint density at radius 1 is 0.474 bits per heavy atom. The van der Waals surface area contributed by atoms with Gasteiger partial charge in [-0.25, -0.2) is 56.9 Å². The highest BCUT2D eigenvalue weighted by molar-refractivity contribution is 6.31. The summed E-state index contributed by atoms with van der Waals surface area (Å²) in [6.45, 7) is 21.4. The largest absolute Gasteiger partial charge is 0.444 e. The van der Waals surface area contributed by atoms with Crippen LogP contribution in [0.4, 0.5) is 78.4 Å². The number of aromatic amines is 3. The molecule has 13 N–H and O–H groups in total. The van der Waals surface area contributed by atoms with Crippen molar-refractivity contribution in [3.63, 3.8) is 0 Å². The molecule has 31 nitrogen and oxygen atoms in total. The van der Waals surface area contributed by atoms with Crippen LogP contribution in [-0.2, 0) is 14.2 Å². The van der Waals surface area contributed by atoms with E-state index in [1.165, 1.54) is 25.2 Å². The number of rotatable bonds is 14. The number of anilines is 8. The van der Waals surface area contributed by atoms with Crippen molar-refractivity contribution in [2.24, 2.45) is 5.73 Å². The number of alkyl carbamates (subject to hydrolysis) is 3. The first kappa shape index (κ1) is 87.5. The molecule has 4 aliphatic rings. The van der Waals surface area contributed by atoms with Crippen LogP contribution in [0.1, 0.15) is 139 Å². The SMILES string of the molecule is CC(C)(C)OC(=O)NCC1CCCCN1.CC(C)(C)OC(=O)NCC1CCCCN1c1nc(Cl)ncc1F.CC(C)(C)OC(=O)NCC1CCCCN1c1nc(Nc2ccc3cn[nH]c3c2)ncc1F.Fc1cnc(Cl)nc1Cl.NCC1CCCCN1c1nc(Nc2ccc3cn[nH]c3c2)ncc1F.Nc1ccc2cn[nH]c2c1. The second-order valence-electron chi connectivity index (χ2n) is 30.2. The highest BCUT2D eigenvalue weighted by Gasteiger charge is 2.31. The lowest BCUT2D eigenvalue weighted by Gasteiger charge is -2.37. The van der Waals surface area contributed by atoms with Crippen LogP contribution >= 0.6 is 34.8 Å². The van der Waals surface area contributed by atoms with Crippen LogP contribution in [0.2, 0.25) is 15.7 Å². The molecule has 4 atom stereocenters. The van der Waals surface area contributed by atoms with Gasteiger partial charge in [0.2, 0.25) is 22.5 Å². The molecule has 14 rings (SSSR count). The van der Waals surface area contributed by atoms with Crippen LogP contribution in [0.15, 0.2) is 98.0 Å². The fourth-order valence-electron chi connectivity index (χ4n) is 12.5. The molecule has 11 heterocycles. The monoisotopic (exact) mass is 1640 g/mol. The molecular weight excluding hydrogens is 1540 g/mol. The second-order valence-corrected chi connectivity index (χ2v) is 31.2. The van der Waals surface area contributed by atoms with Crippen molar-refractivity contribution in [3.8, 4) is 0 Å². The fourth-order valence-corrected chi connectivity index (χ4v) is 12.9. The number of nitrogens with zero attached hydrogens (tertiary/aromatic N) is 14. The minimum Gasteiger partial charge on any atom is -0.444 e. The zero-order chi connectivity index (χ0) is 82.1. The third-order valence-corrected chi connectivity index (χ3v) is 18.3. The van der Waals surface area contributed by atoms with E-state index in [4.69, 9.17) is 60.5 Å². The van der Waals surface area contributed by atoms with Crippen LogP contribution in [0, 0.1) is 23.3 Å². The summed E-state index contributed by atoms with van der Waals surface area (Å²) in [5, 5.41) is 41.3. The van der Waals surface area contributed by atoms with Crippen LogP contribution in [-0.4, -0.2) is 182 Å². The third kappa shape index (κ3) is 28.0. The van der Waals surface area contributed by atoms with Crippen molar-refractivity contribution in [3.05, 3.63) is 137 Å². The third-order valence-electron chi connectivity index (χ3n) is 17.7. The van der Waals surface area contributed by atoms with Gasteiger partial charge in [-0.2, -0.15) is 30.2 Å². The van der Waals surface area contributed by atoms with Gasteiger partial charge >= 0.3 is 18.3 Å². The fraction of sp³-hybridized carbons (Fsp3) is 0.474. The number of carbonyl (C=O) groups excluding carboxylic acids is 3. The number of carbonyl (C=O) groups is 3. The van der Waals surface area contributed by atoms with Gasteiger partial charge in [0, 0.05) is 103 Å². The number of benzene rings is 3. The van der Waals surface area contributed by atoms with Gasteiger partial charge < -0.3 is 72.3 Å². The topological polar surface area (TPSA) is 402 Å². The number of amides is 3. The number of nitrogens with two attached hydrogens (primary N) is 2. The van der Waals surface area contributed by atoms with Crippen molar-refractivity contribution in [2.45, 2.75) is 180 Å². The molecule has 0 spiro atoms. The van der Waals surface area contributed by atoms with Gasteiger partial charge in [-0.1, -0.05) is 18.0 Å². The first-order chi connectivity index (χ1) is 54.3. The van der Waals surface area contributed by atoms with Crippen molar-refractivity contribution in [1.82, 2.24) is 91.7 Å². The minimum absolute atomic E-state index is 0.00539. The van der Waals surface area contributed by atoms with Gasteiger partial charge in [-0.3, -0.25) is 15.3 Å². The quantitative estimate of drug-likeness (QED) is 0.0158. The first-order valence-corrected chi connectivity index (χ1v) is 38.8. The Balaban J connectivity index is 0.000000164. The zero-order valence-electron chi connectivity index (χ0n) is 65.2. The van der Waals surface area contributed by atoms with Gasteiger partial charge in [0.05, 0.1) is 59.9 Å². The smallest absolute Gasteiger partial charge is 0.407 e.